The highest BCUT2D eigenvalue weighted by atomic mass is 16.3. The van der Waals surface area contributed by atoms with Crippen LogP contribution in [0.2, 0.25) is 0 Å². The average Bonchev–Trinajstić information content (AvgIpc) is 2.26. The van der Waals surface area contributed by atoms with Crippen LogP contribution in [0.15, 0.2) is 24.3 Å². The van der Waals surface area contributed by atoms with E-state index in [0.29, 0.717) is 6.54 Å². The van der Waals surface area contributed by atoms with E-state index in [-0.39, 0.29) is 11.7 Å². The number of nitrogens with zero attached hydrogens (tertiary/aromatic N) is 1. The van der Waals surface area contributed by atoms with Gasteiger partial charge in [0.05, 0.1) is 0 Å². The molecule has 1 amide bonds. The van der Waals surface area contributed by atoms with Crippen molar-refractivity contribution in [1.29, 1.82) is 0 Å². The normalized spacial score (nSPS) is 10.1. The minimum atomic E-state index is -0.107. The number of hydrazine groups is 1. The fourth-order valence-corrected chi connectivity index (χ4v) is 1.43. The maximum Gasteiger partial charge on any atom is 0.233 e. The molecule has 0 fully saturated rings. The molecule has 0 aliphatic carbocycles. The summed E-state index contributed by atoms with van der Waals surface area (Å²) in [5.74, 6) is 5.65. The quantitative estimate of drug-likeness (QED) is 0.343. The van der Waals surface area contributed by atoms with Crippen LogP contribution >= 0.6 is 0 Å². The van der Waals surface area contributed by atoms with Crippen molar-refractivity contribution >= 4 is 5.91 Å². The molecule has 4 heteroatoms. The molecule has 3 N–H and O–H groups in total. The first-order chi connectivity index (χ1) is 7.59. The van der Waals surface area contributed by atoms with Gasteiger partial charge in [-0.3, -0.25) is 9.80 Å². The number of carbonyl (C=O) groups is 1. The number of aromatic hydroxyl groups is 1. The maximum absolute atomic E-state index is 10.8. The van der Waals surface area contributed by atoms with Gasteiger partial charge in [0.15, 0.2) is 0 Å². The van der Waals surface area contributed by atoms with Crippen LogP contribution in [0.1, 0.15) is 25.3 Å². The molecule has 1 aromatic carbocycles. The van der Waals surface area contributed by atoms with Crippen molar-refractivity contribution in [3.8, 4) is 5.75 Å². The molecule has 0 atom stereocenters. The standard InChI is InChI=1S/C12H18N2O2/c1-10(15)14(13)9-3-2-4-11-5-7-12(16)8-6-11/h5-8,16H,2-4,9,13H2,1H3. The number of benzene rings is 1. The Balaban J connectivity index is 2.21. The van der Waals surface area contributed by atoms with Gasteiger partial charge in [0, 0.05) is 13.5 Å². The number of hydrogen-bond donors (Lipinski definition) is 2. The smallest absolute Gasteiger partial charge is 0.233 e. The molecule has 0 saturated carbocycles. The van der Waals surface area contributed by atoms with E-state index in [0.717, 1.165) is 19.3 Å². The molecular formula is C12H18N2O2. The Bertz CT molecular complexity index is 335. The summed E-state index contributed by atoms with van der Waals surface area (Å²) in [5, 5.41) is 10.3. The van der Waals surface area contributed by atoms with E-state index in [2.05, 4.69) is 0 Å². The largest absolute Gasteiger partial charge is 0.508 e. The van der Waals surface area contributed by atoms with Crippen LogP contribution in [0.3, 0.4) is 0 Å². The molecule has 88 valence electrons. The predicted molar refractivity (Wildman–Crippen MR) is 62.6 cm³/mol. The lowest BCUT2D eigenvalue weighted by Gasteiger charge is -2.13. The van der Waals surface area contributed by atoms with Gasteiger partial charge in [-0.15, -0.1) is 0 Å². The lowest BCUT2D eigenvalue weighted by Crippen LogP contribution is -2.36. The van der Waals surface area contributed by atoms with Crippen LogP contribution in [-0.2, 0) is 11.2 Å². The molecule has 0 heterocycles. The molecular weight excluding hydrogens is 204 g/mol. The summed E-state index contributed by atoms with van der Waals surface area (Å²) < 4.78 is 0. The third-order valence-electron chi connectivity index (χ3n) is 2.46. The summed E-state index contributed by atoms with van der Waals surface area (Å²) >= 11 is 0. The fourth-order valence-electron chi connectivity index (χ4n) is 1.43. The van der Waals surface area contributed by atoms with Crippen molar-refractivity contribution in [2.75, 3.05) is 6.54 Å². The highest BCUT2D eigenvalue weighted by Crippen LogP contribution is 2.11. The molecule has 0 saturated heterocycles. The van der Waals surface area contributed by atoms with Crippen molar-refractivity contribution < 1.29 is 9.90 Å². The minimum absolute atomic E-state index is 0.107. The molecule has 0 aromatic heterocycles. The lowest BCUT2D eigenvalue weighted by molar-refractivity contribution is -0.129. The topological polar surface area (TPSA) is 66.6 Å². The minimum Gasteiger partial charge on any atom is -0.508 e. The number of unbranched alkanes of at least 4 members (excludes halogenated alkanes) is 1. The second kappa shape index (κ2) is 6.12. The molecule has 0 unspecified atom stereocenters. The van der Waals surface area contributed by atoms with E-state index < -0.39 is 0 Å². The number of rotatable bonds is 5. The molecule has 16 heavy (non-hydrogen) atoms. The number of nitrogens with two attached hydrogens (primary N) is 1. The number of phenols is 1. The van der Waals surface area contributed by atoms with E-state index in [9.17, 15) is 4.79 Å². The summed E-state index contributed by atoms with van der Waals surface area (Å²) in [6, 6.07) is 7.17. The molecule has 1 rings (SSSR count). The zero-order valence-electron chi connectivity index (χ0n) is 9.52. The zero-order valence-corrected chi connectivity index (χ0v) is 9.52. The first-order valence-corrected chi connectivity index (χ1v) is 5.40. The SMILES string of the molecule is CC(=O)N(N)CCCCc1ccc(O)cc1. The zero-order chi connectivity index (χ0) is 12.0. The third kappa shape index (κ3) is 4.31. The highest BCUT2D eigenvalue weighted by Gasteiger charge is 2.01. The Hall–Kier alpha value is -1.55. The predicted octanol–water partition coefficient (Wildman–Crippen LogP) is 1.44. The number of carbonyl (C=O) groups excluding carboxylic acids is 1. The van der Waals surface area contributed by atoms with Gasteiger partial charge < -0.3 is 5.11 Å². The first kappa shape index (κ1) is 12.5. The second-order valence-electron chi connectivity index (χ2n) is 3.84. The van der Waals surface area contributed by atoms with E-state index in [4.69, 9.17) is 10.9 Å². The van der Waals surface area contributed by atoms with Gasteiger partial charge in [-0.2, -0.15) is 0 Å². The van der Waals surface area contributed by atoms with Crippen LogP contribution in [0.4, 0.5) is 0 Å². The van der Waals surface area contributed by atoms with Crippen molar-refractivity contribution in [3.63, 3.8) is 0 Å². The van der Waals surface area contributed by atoms with Gasteiger partial charge in [0.2, 0.25) is 5.91 Å². The number of hydrogen-bond acceptors (Lipinski definition) is 3. The maximum atomic E-state index is 10.8. The van der Waals surface area contributed by atoms with Gasteiger partial charge in [-0.1, -0.05) is 12.1 Å². The molecule has 0 bridgehead atoms. The van der Waals surface area contributed by atoms with Crippen LogP contribution in [-0.4, -0.2) is 22.6 Å². The van der Waals surface area contributed by atoms with Crippen LogP contribution in [0, 0.1) is 0 Å². The molecule has 4 nitrogen and oxygen atoms in total. The van der Waals surface area contributed by atoms with Crippen LogP contribution in [0.25, 0.3) is 0 Å². The highest BCUT2D eigenvalue weighted by molar-refractivity contribution is 5.72. The van der Waals surface area contributed by atoms with E-state index in [1.807, 2.05) is 12.1 Å². The molecule has 0 radical (unpaired) electrons. The summed E-state index contributed by atoms with van der Waals surface area (Å²) in [6.45, 7) is 2.05. The van der Waals surface area contributed by atoms with Crippen molar-refractivity contribution in [2.24, 2.45) is 5.84 Å². The Kier molecular flexibility index (Phi) is 4.79. The third-order valence-corrected chi connectivity index (χ3v) is 2.46. The van der Waals surface area contributed by atoms with E-state index in [1.165, 1.54) is 17.5 Å². The lowest BCUT2D eigenvalue weighted by atomic mass is 10.1. The van der Waals surface area contributed by atoms with Crippen LogP contribution < -0.4 is 5.84 Å². The summed E-state index contributed by atoms with van der Waals surface area (Å²) in [7, 11) is 0. The van der Waals surface area contributed by atoms with E-state index >= 15 is 0 Å². The van der Waals surface area contributed by atoms with Gasteiger partial charge in [-0.25, -0.2) is 5.84 Å². The van der Waals surface area contributed by atoms with Crippen molar-refractivity contribution in [3.05, 3.63) is 29.8 Å². The average molecular weight is 222 g/mol. The Labute approximate surface area is 95.6 Å². The Morgan fingerprint density at radius 2 is 1.94 bits per heavy atom. The second-order valence-corrected chi connectivity index (χ2v) is 3.84. The summed E-state index contributed by atoms with van der Waals surface area (Å²) in [6.07, 6.45) is 2.80. The van der Waals surface area contributed by atoms with Crippen molar-refractivity contribution in [1.82, 2.24) is 5.01 Å². The first-order valence-electron chi connectivity index (χ1n) is 5.40. The van der Waals surface area contributed by atoms with E-state index in [1.54, 1.807) is 12.1 Å². The number of amides is 1. The molecule has 1 aromatic rings. The Morgan fingerprint density at radius 1 is 1.31 bits per heavy atom. The molecule has 0 spiro atoms. The monoisotopic (exact) mass is 222 g/mol. The molecule has 0 aliphatic rings. The van der Waals surface area contributed by atoms with Gasteiger partial charge >= 0.3 is 0 Å². The summed E-state index contributed by atoms with van der Waals surface area (Å²) in [5.41, 5.74) is 1.18. The van der Waals surface area contributed by atoms with Crippen molar-refractivity contribution in [2.45, 2.75) is 26.2 Å². The number of phenolic OH excluding ortho intramolecular Hbond substituents is 1. The number of aryl methyl sites for hydroxylation is 1. The van der Waals surface area contributed by atoms with Gasteiger partial charge in [0.1, 0.15) is 5.75 Å². The van der Waals surface area contributed by atoms with Gasteiger partial charge in [-0.05, 0) is 37.0 Å². The summed E-state index contributed by atoms with van der Waals surface area (Å²) in [4.78, 5) is 10.8. The van der Waals surface area contributed by atoms with Crippen LogP contribution in [0.5, 0.6) is 5.75 Å². The van der Waals surface area contributed by atoms with Gasteiger partial charge in [0.25, 0.3) is 0 Å². The fraction of sp³-hybridized carbons (Fsp3) is 0.417. The Morgan fingerprint density at radius 3 is 2.50 bits per heavy atom. The molecule has 0 aliphatic heterocycles.